The second-order valence-corrected chi connectivity index (χ2v) is 6.23. The third-order valence-electron chi connectivity index (χ3n) is 3.18. The summed E-state index contributed by atoms with van der Waals surface area (Å²) in [6.45, 7) is 2.21. The summed E-state index contributed by atoms with van der Waals surface area (Å²) in [5.74, 6) is -2.53. The van der Waals surface area contributed by atoms with Crippen molar-refractivity contribution in [2.75, 3.05) is 13.1 Å². The summed E-state index contributed by atoms with van der Waals surface area (Å²) in [7, 11) is 0. The molecular formula is C15H17N5O6S. The number of carbonyl (C=O) groups excluding carboxylic acids is 3. The van der Waals surface area contributed by atoms with Gasteiger partial charge in [0.1, 0.15) is 28.7 Å². The Bertz CT molecular complexity index is 861. The topological polar surface area (TPSA) is 164 Å². The Labute approximate surface area is 157 Å². The first-order chi connectivity index (χ1) is 12.8. The van der Waals surface area contributed by atoms with Gasteiger partial charge in [-0.05, 0) is 6.92 Å². The summed E-state index contributed by atoms with van der Waals surface area (Å²) in [6.07, 6.45) is 1.43. The Morgan fingerprint density at radius 2 is 1.89 bits per heavy atom. The van der Waals surface area contributed by atoms with Gasteiger partial charge >= 0.3 is 5.97 Å². The molecule has 0 aromatic carbocycles. The molecule has 0 fully saturated rings. The minimum atomic E-state index is -1.19. The van der Waals surface area contributed by atoms with Crippen LogP contribution in [0, 0.1) is 6.92 Å². The molecule has 11 nitrogen and oxygen atoms in total. The molecule has 27 heavy (non-hydrogen) atoms. The number of carbonyl (C=O) groups is 4. The van der Waals surface area contributed by atoms with E-state index in [4.69, 9.17) is 9.52 Å². The number of hydrogen-bond acceptors (Lipinski definition) is 8. The average molecular weight is 395 g/mol. The van der Waals surface area contributed by atoms with E-state index in [2.05, 4.69) is 25.9 Å². The van der Waals surface area contributed by atoms with Crippen molar-refractivity contribution in [3.05, 3.63) is 23.2 Å². The Morgan fingerprint density at radius 1 is 1.19 bits per heavy atom. The molecule has 0 aliphatic carbocycles. The molecule has 0 saturated heterocycles. The summed E-state index contributed by atoms with van der Waals surface area (Å²) in [5.41, 5.74) is 0.632. The van der Waals surface area contributed by atoms with Gasteiger partial charge in [-0.3, -0.25) is 19.2 Å². The van der Waals surface area contributed by atoms with E-state index in [1.54, 1.807) is 6.92 Å². The van der Waals surface area contributed by atoms with Gasteiger partial charge in [0.2, 0.25) is 11.8 Å². The molecule has 1 unspecified atom stereocenters. The fourth-order valence-electron chi connectivity index (χ4n) is 1.80. The summed E-state index contributed by atoms with van der Waals surface area (Å²) >= 11 is 1.20. The zero-order valence-corrected chi connectivity index (χ0v) is 15.3. The summed E-state index contributed by atoms with van der Waals surface area (Å²) < 4.78 is 5.09. The van der Waals surface area contributed by atoms with Gasteiger partial charge in [0.15, 0.2) is 5.89 Å². The van der Waals surface area contributed by atoms with Crippen molar-refractivity contribution in [2.24, 2.45) is 0 Å². The Kier molecular flexibility index (Phi) is 6.60. The number of hydrogen-bond donors (Lipinski definition) is 4. The van der Waals surface area contributed by atoms with Crippen LogP contribution in [0.3, 0.4) is 0 Å². The number of thiazole rings is 1. The highest BCUT2D eigenvalue weighted by Gasteiger charge is 2.16. The Hall–Kier alpha value is -3.28. The number of carboxylic acid groups (broad SMARTS) is 1. The lowest BCUT2D eigenvalue weighted by Gasteiger charge is -2.10. The van der Waals surface area contributed by atoms with Crippen LogP contribution >= 0.6 is 11.3 Å². The van der Waals surface area contributed by atoms with Crippen molar-refractivity contribution < 1.29 is 28.7 Å². The minimum Gasteiger partial charge on any atom is -0.480 e. The molecule has 0 saturated carbocycles. The number of carboxylic acids is 1. The lowest BCUT2D eigenvalue weighted by Crippen LogP contribution is -2.45. The van der Waals surface area contributed by atoms with Crippen LogP contribution in [0.2, 0.25) is 0 Å². The fourth-order valence-corrected chi connectivity index (χ4v) is 2.55. The number of nitrogens with one attached hydrogen (secondary N) is 3. The van der Waals surface area contributed by atoms with E-state index in [0.717, 1.165) is 0 Å². The third-order valence-corrected chi connectivity index (χ3v) is 4.04. The highest BCUT2D eigenvalue weighted by Crippen LogP contribution is 2.22. The fraction of sp³-hybridized carbons (Fsp3) is 0.333. The summed E-state index contributed by atoms with van der Waals surface area (Å²) in [5, 5.41) is 17.5. The van der Waals surface area contributed by atoms with Crippen molar-refractivity contribution >= 4 is 35.0 Å². The van der Waals surface area contributed by atoms with Gasteiger partial charge in [0, 0.05) is 12.3 Å². The molecule has 2 heterocycles. The van der Waals surface area contributed by atoms with E-state index in [1.807, 2.05) is 0 Å². The number of amides is 3. The van der Waals surface area contributed by atoms with Crippen LogP contribution in [0.25, 0.3) is 10.7 Å². The van der Waals surface area contributed by atoms with Gasteiger partial charge in [-0.15, -0.1) is 11.3 Å². The largest absolute Gasteiger partial charge is 0.480 e. The molecule has 144 valence electrons. The molecule has 3 amide bonds. The van der Waals surface area contributed by atoms with Gasteiger partial charge in [-0.25, -0.2) is 9.97 Å². The minimum absolute atomic E-state index is 0.122. The smallest absolute Gasteiger partial charge is 0.325 e. The second kappa shape index (κ2) is 8.89. The quantitative estimate of drug-likeness (QED) is 0.466. The molecule has 0 radical (unpaired) electrons. The van der Waals surface area contributed by atoms with Crippen molar-refractivity contribution in [2.45, 2.75) is 19.9 Å². The standard InChI is InChI=1S/C15H17N5O6S/c1-7(15(24)25)18-12(22)4-16-11(21)3-17-13(23)10-6-27-14(20-10)9-5-26-8(2)19-9/h5-7H,3-4H2,1-2H3,(H,16,21)(H,17,23)(H,18,22)(H,24,25). The van der Waals surface area contributed by atoms with E-state index in [1.165, 1.54) is 29.9 Å². The zero-order chi connectivity index (χ0) is 20.0. The molecule has 2 aromatic heterocycles. The summed E-state index contributed by atoms with van der Waals surface area (Å²) in [4.78, 5) is 54.0. The molecular weight excluding hydrogens is 378 g/mol. The molecule has 4 N–H and O–H groups in total. The Balaban J connectivity index is 1.77. The predicted molar refractivity (Wildman–Crippen MR) is 92.9 cm³/mol. The van der Waals surface area contributed by atoms with E-state index < -0.39 is 36.3 Å². The van der Waals surface area contributed by atoms with Gasteiger partial charge in [0.05, 0.1) is 13.1 Å². The van der Waals surface area contributed by atoms with E-state index in [0.29, 0.717) is 16.6 Å². The zero-order valence-electron chi connectivity index (χ0n) is 14.4. The summed E-state index contributed by atoms with van der Waals surface area (Å²) in [6, 6.07) is -1.07. The first-order valence-corrected chi connectivity index (χ1v) is 8.59. The molecule has 1 atom stereocenters. The maximum absolute atomic E-state index is 12.0. The van der Waals surface area contributed by atoms with Gasteiger partial charge in [0.25, 0.3) is 5.91 Å². The molecule has 0 spiro atoms. The molecule has 0 aliphatic rings. The van der Waals surface area contributed by atoms with Crippen molar-refractivity contribution in [1.29, 1.82) is 0 Å². The Morgan fingerprint density at radius 3 is 2.52 bits per heavy atom. The number of oxazole rings is 1. The van der Waals surface area contributed by atoms with Gasteiger partial charge in [-0.2, -0.15) is 0 Å². The van der Waals surface area contributed by atoms with Crippen LogP contribution in [0.4, 0.5) is 0 Å². The predicted octanol–water partition coefficient (Wildman–Crippen LogP) is -0.458. The second-order valence-electron chi connectivity index (χ2n) is 5.38. The molecule has 12 heteroatoms. The first-order valence-electron chi connectivity index (χ1n) is 7.71. The maximum atomic E-state index is 12.0. The number of aromatic nitrogens is 2. The molecule has 2 rings (SSSR count). The number of nitrogens with zero attached hydrogens (tertiary/aromatic N) is 2. The molecule has 2 aromatic rings. The SMILES string of the molecule is Cc1nc(-c2nc(C(=O)NCC(=O)NCC(=O)NC(C)C(=O)O)cs2)co1. The van der Waals surface area contributed by atoms with Crippen LogP contribution < -0.4 is 16.0 Å². The van der Waals surface area contributed by atoms with E-state index >= 15 is 0 Å². The van der Waals surface area contributed by atoms with Gasteiger partial charge < -0.3 is 25.5 Å². The number of aryl methyl sites for hydroxylation is 1. The highest BCUT2D eigenvalue weighted by molar-refractivity contribution is 7.13. The molecule has 0 aliphatic heterocycles. The lowest BCUT2D eigenvalue weighted by atomic mass is 10.3. The van der Waals surface area contributed by atoms with E-state index in [9.17, 15) is 19.2 Å². The highest BCUT2D eigenvalue weighted by atomic mass is 32.1. The van der Waals surface area contributed by atoms with Crippen LogP contribution in [0.15, 0.2) is 16.1 Å². The third kappa shape index (κ3) is 5.88. The average Bonchev–Trinajstić information content (AvgIpc) is 3.26. The van der Waals surface area contributed by atoms with Crippen LogP contribution in [0.5, 0.6) is 0 Å². The monoisotopic (exact) mass is 395 g/mol. The van der Waals surface area contributed by atoms with Crippen LogP contribution in [-0.2, 0) is 14.4 Å². The first kappa shape index (κ1) is 20.0. The van der Waals surface area contributed by atoms with Crippen molar-refractivity contribution in [3.63, 3.8) is 0 Å². The maximum Gasteiger partial charge on any atom is 0.325 e. The lowest BCUT2D eigenvalue weighted by molar-refractivity contribution is -0.141. The normalized spacial score (nSPS) is 11.5. The van der Waals surface area contributed by atoms with Crippen LogP contribution in [-0.4, -0.2) is 57.9 Å². The molecule has 0 bridgehead atoms. The van der Waals surface area contributed by atoms with Crippen molar-refractivity contribution in [3.8, 4) is 10.7 Å². The number of rotatable bonds is 8. The van der Waals surface area contributed by atoms with E-state index in [-0.39, 0.29) is 12.2 Å². The van der Waals surface area contributed by atoms with Gasteiger partial charge in [-0.1, -0.05) is 0 Å². The number of aliphatic carboxylic acids is 1. The van der Waals surface area contributed by atoms with Crippen molar-refractivity contribution in [1.82, 2.24) is 25.9 Å². The van der Waals surface area contributed by atoms with Crippen LogP contribution in [0.1, 0.15) is 23.3 Å².